The van der Waals surface area contributed by atoms with E-state index in [2.05, 4.69) is 5.32 Å². The van der Waals surface area contributed by atoms with Crippen molar-refractivity contribution >= 4 is 11.8 Å². The van der Waals surface area contributed by atoms with Gasteiger partial charge in [-0.05, 0) is 32.1 Å². The highest BCUT2D eigenvalue weighted by molar-refractivity contribution is 5.88. The van der Waals surface area contributed by atoms with Gasteiger partial charge in [-0.2, -0.15) is 0 Å². The third kappa shape index (κ3) is 3.24. The van der Waals surface area contributed by atoms with Gasteiger partial charge in [-0.1, -0.05) is 19.3 Å². The van der Waals surface area contributed by atoms with E-state index < -0.39 is 0 Å². The van der Waals surface area contributed by atoms with Gasteiger partial charge in [-0.15, -0.1) is 0 Å². The summed E-state index contributed by atoms with van der Waals surface area (Å²) < 4.78 is 0. The highest BCUT2D eigenvalue weighted by Gasteiger charge is 2.29. The molecule has 2 rings (SSSR count). The van der Waals surface area contributed by atoms with E-state index in [-0.39, 0.29) is 23.8 Å². The van der Waals surface area contributed by atoms with Crippen LogP contribution in [0.5, 0.6) is 0 Å². The van der Waals surface area contributed by atoms with E-state index in [0.29, 0.717) is 0 Å². The fourth-order valence-electron chi connectivity index (χ4n) is 2.99. The predicted octanol–water partition coefficient (Wildman–Crippen LogP) is 1.69. The zero-order chi connectivity index (χ0) is 13.0. The van der Waals surface area contributed by atoms with Gasteiger partial charge in [0.15, 0.2) is 0 Å². The van der Waals surface area contributed by atoms with Gasteiger partial charge in [0, 0.05) is 19.5 Å². The Bertz CT molecular complexity index is 311. The molecule has 0 spiro atoms. The van der Waals surface area contributed by atoms with Crippen molar-refractivity contribution < 1.29 is 9.59 Å². The van der Waals surface area contributed by atoms with Crippen molar-refractivity contribution in [3.8, 4) is 0 Å². The standard InChI is InChI=1S/C14H24N2O2/c1-16-10-6-5-9-12(14(16)18)15-13(17)11-7-3-2-4-8-11/h11-12H,2-10H2,1H3,(H,15,17). The molecule has 0 aromatic carbocycles. The molecule has 0 aromatic rings. The molecule has 1 heterocycles. The van der Waals surface area contributed by atoms with Crippen LogP contribution < -0.4 is 5.32 Å². The van der Waals surface area contributed by atoms with Crippen molar-refractivity contribution in [2.45, 2.75) is 57.4 Å². The molecule has 1 aliphatic heterocycles. The summed E-state index contributed by atoms with van der Waals surface area (Å²) in [5, 5.41) is 2.98. The number of carbonyl (C=O) groups is 2. The van der Waals surface area contributed by atoms with Crippen molar-refractivity contribution in [1.29, 1.82) is 0 Å². The minimum absolute atomic E-state index is 0.0802. The number of nitrogens with zero attached hydrogens (tertiary/aromatic N) is 1. The van der Waals surface area contributed by atoms with Gasteiger partial charge in [0.25, 0.3) is 0 Å². The maximum absolute atomic E-state index is 12.1. The Morgan fingerprint density at radius 1 is 1.11 bits per heavy atom. The molecule has 4 heteroatoms. The average Bonchev–Trinajstić information content (AvgIpc) is 2.55. The molecule has 1 saturated heterocycles. The lowest BCUT2D eigenvalue weighted by Crippen LogP contribution is -2.48. The van der Waals surface area contributed by atoms with E-state index in [1.165, 1.54) is 6.42 Å². The summed E-state index contributed by atoms with van der Waals surface area (Å²) in [6.45, 7) is 0.814. The molecule has 2 aliphatic rings. The Balaban J connectivity index is 1.90. The minimum Gasteiger partial charge on any atom is -0.344 e. The Hall–Kier alpha value is -1.06. The van der Waals surface area contributed by atoms with Crippen molar-refractivity contribution in [3.05, 3.63) is 0 Å². The van der Waals surface area contributed by atoms with Gasteiger partial charge in [0.1, 0.15) is 6.04 Å². The van der Waals surface area contributed by atoms with Crippen molar-refractivity contribution in [1.82, 2.24) is 10.2 Å². The van der Waals surface area contributed by atoms with Crippen LogP contribution in [0.2, 0.25) is 0 Å². The lowest BCUT2D eigenvalue weighted by molar-refractivity contribution is -0.136. The van der Waals surface area contributed by atoms with Gasteiger partial charge in [0.2, 0.25) is 11.8 Å². The summed E-state index contributed by atoms with van der Waals surface area (Å²) in [7, 11) is 1.83. The number of likely N-dealkylation sites (tertiary alicyclic amines) is 1. The van der Waals surface area contributed by atoms with E-state index in [4.69, 9.17) is 0 Å². The van der Waals surface area contributed by atoms with Crippen LogP contribution >= 0.6 is 0 Å². The largest absolute Gasteiger partial charge is 0.344 e. The van der Waals surface area contributed by atoms with Crippen molar-refractivity contribution in [2.24, 2.45) is 5.92 Å². The quantitative estimate of drug-likeness (QED) is 0.813. The van der Waals surface area contributed by atoms with E-state index in [0.717, 1.165) is 51.5 Å². The molecule has 1 N–H and O–H groups in total. The Labute approximate surface area is 109 Å². The first-order chi connectivity index (χ1) is 8.68. The van der Waals surface area contributed by atoms with Gasteiger partial charge in [0.05, 0.1) is 0 Å². The van der Waals surface area contributed by atoms with Crippen LogP contribution in [0.3, 0.4) is 0 Å². The predicted molar refractivity (Wildman–Crippen MR) is 70.0 cm³/mol. The number of rotatable bonds is 2. The molecule has 1 aliphatic carbocycles. The molecule has 1 atom stereocenters. The fraction of sp³-hybridized carbons (Fsp3) is 0.857. The number of carbonyl (C=O) groups excluding carboxylic acids is 2. The van der Waals surface area contributed by atoms with Crippen LogP contribution in [0, 0.1) is 5.92 Å². The monoisotopic (exact) mass is 252 g/mol. The van der Waals surface area contributed by atoms with Crippen LogP contribution in [0.25, 0.3) is 0 Å². The minimum atomic E-state index is -0.285. The SMILES string of the molecule is CN1CCCCC(NC(=O)C2CCCCC2)C1=O. The normalized spacial score (nSPS) is 26.8. The van der Waals surface area contributed by atoms with Crippen molar-refractivity contribution in [3.63, 3.8) is 0 Å². The fourth-order valence-corrected chi connectivity index (χ4v) is 2.99. The molecule has 2 fully saturated rings. The van der Waals surface area contributed by atoms with E-state index in [1.54, 1.807) is 4.90 Å². The van der Waals surface area contributed by atoms with Crippen LogP contribution in [-0.2, 0) is 9.59 Å². The maximum atomic E-state index is 12.1. The van der Waals surface area contributed by atoms with Gasteiger partial charge < -0.3 is 10.2 Å². The Morgan fingerprint density at radius 3 is 2.50 bits per heavy atom. The molecule has 0 radical (unpaired) electrons. The molecule has 0 bridgehead atoms. The molecule has 2 amide bonds. The average molecular weight is 252 g/mol. The highest BCUT2D eigenvalue weighted by Crippen LogP contribution is 2.24. The number of hydrogen-bond donors (Lipinski definition) is 1. The zero-order valence-corrected chi connectivity index (χ0v) is 11.3. The molecule has 0 aromatic heterocycles. The Morgan fingerprint density at radius 2 is 1.78 bits per heavy atom. The van der Waals surface area contributed by atoms with E-state index >= 15 is 0 Å². The third-order valence-electron chi connectivity index (χ3n) is 4.20. The first-order valence-electron chi connectivity index (χ1n) is 7.24. The summed E-state index contributed by atoms with van der Waals surface area (Å²) in [4.78, 5) is 26.0. The third-order valence-corrected chi connectivity index (χ3v) is 4.20. The summed E-state index contributed by atoms with van der Waals surface area (Å²) in [5.74, 6) is 0.320. The topological polar surface area (TPSA) is 49.4 Å². The maximum Gasteiger partial charge on any atom is 0.244 e. The summed E-state index contributed by atoms with van der Waals surface area (Å²) >= 11 is 0. The first kappa shape index (κ1) is 13.4. The van der Waals surface area contributed by atoms with Crippen LogP contribution in [-0.4, -0.2) is 36.3 Å². The van der Waals surface area contributed by atoms with Gasteiger partial charge in [-0.25, -0.2) is 0 Å². The summed E-state index contributed by atoms with van der Waals surface area (Å²) in [5.41, 5.74) is 0. The lowest BCUT2D eigenvalue weighted by Gasteiger charge is -2.25. The van der Waals surface area contributed by atoms with Crippen LogP contribution in [0.1, 0.15) is 51.4 Å². The molecule has 1 unspecified atom stereocenters. The van der Waals surface area contributed by atoms with Crippen molar-refractivity contribution in [2.75, 3.05) is 13.6 Å². The summed E-state index contributed by atoms with van der Waals surface area (Å²) in [6, 6.07) is -0.285. The number of amides is 2. The summed E-state index contributed by atoms with van der Waals surface area (Å²) in [6.07, 6.45) is 8.37. The van der Waals surface area contributed by atoms with Crippen LogP contribution in [0.15, 0.2) is 0 Å². The molecular weight excluding hydrogens is 228 g/mol. The lowest BCUT2D eigenvalue weighted by atomic mass is 9.88. The first-order valence-corrected chi connectivity index (χ1v) is 7.24. The molecule has 4 nitrogen and oxygen atoms in total. The molecular formula is C14H24N2O2. The molecule has 1 saturated carbocycles. The molecule has 18 heavy (non-hydrogen) atoms. The zero-order valence-electron chi connectivity index (χ0n) is 11.3. The number of nitrogens with one attached hydrogen (secondary N) is 1. The second kappa shape index (κ2) is 6.21. The molecule has 102 valence electrons. The smallest absolute Gasteiger partial charge is 0.244 e. The van der Waals surface area contributed by atoms with Gasteiger partial charge in [-0.3, -0.25) is 9.59 Å². The second-order valence-corrected chi connectivity index (χ2v) is 5.65. The number of likely N-dealkylation sites (N-methyl/N-ethyl adjacent to an activating group) is 1. The number of hydrogen-bond acceptors (Lipinski definition) is 2. The van der Waals surface area contributed by atoms with E-state index in [9.17, 15) is 9.59 Å². The second-order valence-electron chi connectivity index (χ2n) is 5.65. The van der Waals surface area contributed by atoms with Gasteiger partial charge >= 0.3 is 0 Å². The Kier molecular flexibility index (Phi) is 4.61. The van der Waals surface area contributed by atoms with E-state index in [1.807, 2.05) is 7.05 Å². The van der Waals surface area contributed by atoms with Crippen LogP contribution in [0.4, 0.5) is 0 Å². The highest BCUT2D eigenvalue weighted by atomic mass is 16.2.